The molecule has 2 heterocycles. The summed E-state index contributed by atoms with van der Waals surface area (Å²) < 4.78 is 13.6. The van der Waals surface area contributed by atoms with Crippen molar-refractivity contribution in [3.8, 4) is 22.3 Å². The molecule has 0 N–H and O–H groups in total. The fourth-order valence-electron chi connectivity index (χ4n) is 8.08. The van der Waals surface area contributed by atoms with Gasteiger partial charge in [-0.1, -0.05) is 140 Å². The van der Waals surface area contributed by atoms with Crippen molar-refractivity contribution in [1.82, 2.24) is 0 Å². The summed E-state index contributed by atoms with van der Waals surface area (Å²) in [6.07, 6.45) is 0. The SMILES string of the molecule is c1ccc(-c2ccc(N(c3ccc4ccccc4c3)c3cc4oc5c6ccccc6ccc5c4cc3-c3cccc4c3oc3ccccc34)cc2)cc1. The van der Waals surface area contributed by atoms with Gasteiger partial charge in [0, 0.05) is 55.5 Å². The molecule has 3 nitrogen and oxygen atoms in total. The summed E-state index contributed by atoms with van der Waals surface area (Å²) in [6, 6.07) is 66.8. The molecule has 53 heavy (non-hydrogen) atoms. The number of hydrogen-bond donors (Lipinski definition) is 0. The second-order valence-electron chi connectivity index (χ2n) is 13.7. The summed E-state index contributed by atoms with van der Waals surface area (Å²) in [6.45, 7) is 0. The second kappa shape index (κ2) is 11.7. The summed E-state index contributed by atoms with van der Waals surface area (Å²) in [4.78, 5) is 2.36. The Morgan fingerprint density at radius 3 is 1.83 bits per heavy atom. The van der Waals surface area contributed by atoms with Crippen molar-refractivity contribution in [2.75, 3.05) is 4.90 Å². The van der Waals surface area contributed by atoms with Crippen LogP contribution in [0.25, 0.3) is 87.7 Å². The number of hydrogen-bond acceptors (Lipinski definition) is 3. The number of anilines is 3. The van der Waals surface area contributed by atoms with Gasteiger partial charge < -0.3 is 13.7 Å². The molecule has 0 aliphatic heterocycles. The van der Waals surface area contributed by atoms with Crippen LogP contribution >= 0.6 is 0 Å². The maximum Gasteiger partial charge on any atom is 0.143 e. The number of furan rings is 2. The highest BCUT2D eigenvalue weighted by atomic mass is 16.3. The fraction of sp³-hybridized carbons (Fsp3) is 0. The third-order valence-corrected chi connectivity index (χ3v) is 10.6. The lowest BCUT2D eigenvalue weighted by Crippen LogP contribution is -2.11. The topological polar surface area (TPSA) is 29.5 Å². The first-order valence-electron chi connectivity index (χ1n) is 18.0. The van der Waals surface area contributed by atoms with E-state index in [1.165, 1.54) is 21.9 Å². The molecule has 9 aromatic carbocycles. The summed E-state index contributed by atoms with van der Waals surface area (Å²) >= 11 is 0. The van der Waals surface area contributed by atoms with Crippen molar-refractivity contribution in [3.63, 3.8) is 0 Å². The number of para-hydroxylation sites is 2. The van der Waals surface area contributed by atoms with Crippen LogP contribution in [0.3, 0.4) is 0 Å². The second-order valence-corrected chi connectivity index (χ2v) is 13.7. The standard InChI is InChI=1S/C50H31NO2/c1-2-11-32(12-3-1)34-21-25-37(26-22-34)51(38-27-23-33-13-4-5-15-36(33)29-38)46-31-48-45(43-28-24-35-14-6-7-16-39(35)49(43)53-48)30-44(46)42-19-10-18-41-40-17-8-9-20-47(40)52-50(41)42/h1-31H. The highest BCUT2D eigenvalue weighted by molar-refractivity contribution is 6.18. The Kier molecular flexibility index (Phi) is 6.55. The highest BCUT2D eigenvalue weighted by Gasteiger charge is 2.24. The molecule has 248 valence electrons. The molecule has 3 heteroatoms. The van der Waals surface area contributed by atoms with E-state index in [0.29, 0.717) is 0 Å². The first-order chi connectivity index (χ1) is 26.3. The highest BCUT2D eigenvalue weighted by Crippen LogP contribution is 2.48. The van der Waals surface area contributed by atoms with Crippen molar-refractivity contribution in [2.24, 2.45) is 0 Å². The van der Waals surface area contributed by atoms with E-state index in [2.05, 4.69) is 181 Å². The van der Waals surface area contributed by atoms with Gasteiger partial charge in [-0.15, -0.1) is 0 Å². The van der Waals surface area contributed by atoms with Gasteiger partial charge in [-0.3, -0.25) is 0 Å². The van der Waals surface area contributed by atoms with Crippen LogP contribution in [-0.4, -0.2) is 0 Å². The van der Waals surface area contributed by atoms with Gasteiger partial charge in [0.15, 0.2) is 0 Å². The average Bonchev–Trinajstić information content (AvgIpc) is 3.80. The molecule has 11 aromatic rings. The molecule has 0 spiro atoms. The molecule has 0 radical (unpaired) electrons. The van der Waals surface area contributed by atoms with Gasteiger partial charge in [-0.25, -0.2) is 0 Å². The van der Waals surface area contributed by atoms with Crippen LogP contribution in [0, 0.1) is 0 Å². The van der Waals surface area contributed by atoms with E-state index < -0.39 is 0 Å². The number of rotatable bonds is 5. The van der Waals surface area contributed by atoms with Gasteiger partial charge in [0.05, 0.1) is 5.69 Å². The smallest absolute Gasteiger partial charge is 0.143 e. The zero-order chi connectivity index (χ0) is 34.9. The fourth-order valence-corrected chi connectivity index (χ4v) is 8.08. The molecule has 0 fully saturated rings. The summed E-state index contributed by atoms with van der Waals surface area (Å²) in [7, 11) is 0. The average molecular weight is 678 g/mol. The quantitative estimate of drug-likeness (QED) is 0.182. The van der Waals surface area contributed by atoms with Crippen LogP contribution in [-0.2, 0) is 0 Å². The lowest BCUT2D eigenvalue weighted by molar-refractivity contribution is 0.669. The van der Waals surface area contributed by atoms with E-state index in [0.717, 1.165) is 82.8 Å². The number of nitrogens with zero attached hydrogens (tertiary/aromatic N) is 1. The Bertz CT molecular complexity index is 3170. The van der Waals surface area contributed by atoms with Crippen LogP contribution in [0.2, 0.25) is 0 Å². The Balaban J connectivity index is 1.23. The van der Waals surface area contributed by atoms with Crippen molar-refractivity contribution in [3.05, 3.63) is 188 Å². The lowest BCUT2D eigenvalue weighted by atomic mass is 9.96. The van der Waals surface area contributed by atoms with Gasteiger partial charge in [-0.05, 0) is 69.8 Å². The predicted octanol–water partition coefficient (Wildman–Crippen LogP) is 14.6. The zero-order valence-corrected chi connectivity index (χ0v) is 28.7. The first-order valence-corrected chi connectivity index (χ1v) is 18.0. The van der Waals surface area contributed by atoms with Gasteiger partial charge in [0.25, 0.3) is 0 Å². The number of benzene rings is 9. The molecule has 11 rings (SSSR count). The van der Waals surface area contributed by atoms with E-state index in [4.69, 9.17) is 8.83 Å². The molecule has 0 aliphatic carbocycles. The normalized spacial score (nSPS) is 11.8. The maximum atomic E-state index is 6.85. The molecule has 0 saturated carbocycles. The third kappa shape index (κ3) is 4.75. The zero-order valence-electron chi connectivity index (χ0n) is 28.7. The van der Waals surface area contributed by atoms with Crippen molar-refractivity contribution in [1.29, 1.82) is 0 Å². The van der Waals surface area contributed by atoms with Gasteiger partial charge in [0.1, 0.15) is 22.3 Å². The molecule has 0 bridgehead atoms. The minimum absolute atomic E-state index is 0.832. The Morgan fingerprint density at radius 1 is 0.321 bits per heavy atom. The molecular formula is C50H31NO2. The van der Waals surface area contributed by atoms with E-state index in [-0.39, 0.29) is 0 Å². The predicted molar refractivity (Wildman–Crippen MR) is 222 cm³/mol. The molecule has 0 amide bonds. The van der Waals surface area contributed by atoms with E-state index in [1.807, 2.05) is 12.1 Å². The molecule has 0 aliphatic rings. The van der Waals surface area contributed by atoms with Crippen LogP contribution in [0.1, 0.15) is 0 Å². The summed E-state index contributed by atoms with van der Waals surface area (Å²) in [5.41, 5.74) is 11.0. The largest absolute Gasteiger partial charge is 0.455 e. The first kappa shape index (κ1) is 29.6. The monoisotopic (exact) mass is 677 g/mol. The number of fused-ring (bicyclic) bond motifs is 9. The van der Waals surface area contributed by atoms with Crippen LogP contribution in [0.4, 0.5) is 17.1 Å². The van der Waals surface area contributed by atoms with Gasteiger partial charge in [-0.2, -0.15) is 0 Å². The molecular weight excluding hydrogens is 647 g/mol. The molecule has 2 aromatic heterocycles. The maximum absolute atomic E-state index is 6.85. The Morgan fingerprint density at radius 2 is 0.962 bits per heavy atom. The van der Waals surface area contributed by atoms with Crippen LogP contribution in [0.15, 0.2) is 197 Å². The summed E-state index contributed by atoms with van der Waals surface area (Å²) in [5, 5.41) is 8.99. The van der Waals surface area contributed by atoms with E-state index in [1.54, 1.807) is 0 Å². The van der Waals surface area contributed by atoms with Crippen LogP contribution in [0.5, 0.6) is 0 Å². The van der Waals surface area contributed by atoms with Crippen LogP contribution < -0.4 is 4.90 Å². The van der Waals surface area contributed by atoms with Gasteiger partial charge in [0.2, 0.25) is 0 Å². The summed E-state index contributed by atoms with van der Waals surface area (Å²) in [5.74, 6) is 0. The Hall–Kier alpha value is -7.10. The van der Waals surface area contributed by atoms with E-state index >= 15 is 0 Å². The van der Waals surface area contributed by atoms with E-state index in [9.17, 15) is 0 Å². The minimum atomic E-state index is 0.832. The van der Waals surface area contributed by atoms with Crippen molar-refractivity contribution >= 4 is 82.5 Å². The molecule has 0 saturated heterocycles. The third-order valence-electron chi connectivity index (χ3n) is 10.6. The molecule has 0 atom stereocenters. The Labute approximate surface area is 305 Å². The minimum Gasteiger partial charge on any atom is -0.455 e. The van der Waals surface area contributed by atoms with Crippen molar-refractivity contribution in [2.45, 2.75) is 0 Å². The van der Waals surface area contributed by atoms with Crippen molar-refractivity contribution < 1.29 is 8.83 Å². The molecule has 0 unspecified atom stereocenters. The lowest BCUT2D eigenvalue weighted by Gasteiger charge is -2.28. The van der Waals surface area contributed by atoms with Gasteiger partial charge >= 0.3 is 0 Å².